The quantitative estimate of drug-likeness (QED) is 0.853. The second kappa shape index (κ2) is 5.12. The van der Waals surface area contributed by atoms with E-state index in [4.69, 9.17) is 0 Å². The number of rotatable bonds is 2. The molecule has 1 nitrogen and oxygen atoms in total. The first-order chi connectivity index (χ1) is 10.2. The SMILES string of the molecule is CC1CCC(C(O)C2C3CCc4ccccc4C32)CC1C. The standard InChI is InChI=1S/C20H28O/c1-12-7-8-15(11-13(12)2)20(21)19-17-10-9-14-5-3-4-6-16(14)18(17)19/h3-6,12-13,15,17-21H,7-11H2,1-2H3. The molecule has 1 N–H and O–H groups in total. The molecular formula is C20H28O. The van der Waals surface area contributed by atoms with Crippen LogP contribution in [-0.4, -0.2) is 11.2 Å². The van der Waals surface area contributed by atoms with Gasteiger partial charge in [0.05, 0.1) is 6.10 Å². The average Bonchev–Trinajstić information content (AvgIpc) is 3.24. The Labute approximate surface area is 128 Å². The number of aryl methyl sites for hydroxylation is 1. The lowest BCUT2D eigenvalue weighted by molar-refractivity contribution is 0.0364. The van der Waals surface area contributed by atoms with Crippen molar-refractivity contribution in [2.75, 3.05) is 0 Å². The molecule has 0 bridgehead atoms. The number of aliphatic hydroxyl groups is 1. The van der Waals surface area contributed by atoms with E-state index in [2.05, 4.69) is 38.1 Å². The van der Waals surface area contributed by atoms with Crippen molar-refractivity contribution in [3.05, 3.63) is 35.4 Å². The fourth-order valence-electron chi connectivity index (χ4n) is 5.30. The van der Waals surface area contributed by atoms with Gasteiger partial charge in [0.1, 0.15) is 0 Å². The van der Waals surface area contributed by atoms with Crippen LogP contribution in [0.2, 0.25) is 0 Å². The van der Waals surface area contributed by atoms with Gasteiger partial charge in [-0.2, -0.15) is 0 Å². The fourth-order valence-corrected chi connectivity index (χ4v) is 5.30. The fraction of sp³-hybridized carbons (Fsp3) is 0.700. The van der Waals surface area contributed by atoms with Gasteiger partial charge in [-0.1, -0.05) is 44.5 Å². The highest BCUT2D eigenvalue weighted by Gasteiger charge is 2.57. The Morgan fingerprint density at radius 3 is 2.67 bits per heavy atom. The highest BCUT2D eigenvalue weighted by Crippen LogP contribution is 2.62. The minimum atomic E-state index is -0.0545. The van der Waals surface area contributed by atoms with E-state index in [9.17, 15) is 5.11 Å². The molecule has 0 amide bonds. The van der Waals surface area contributed by atoms with E-state index in [1.54, 1.807) is 11.1 Å². The molecule has 2 saturated carbocycles. The zero-order valence-electron chi connectivity index (χ0n) is 13.3. The second-order valence-corrected chi connectivity index (χ2v) is 8.02. The molecule has 7 atom stereocenters. The van der Waals surface area contributed by atoms with Crippen LogP contribution < -0.4 is 0 Å². The molecule has 0 radical (unpaired) electrons. The van der Waals surface area contributed by atoms with Crippen molar-refractivity contribution in [1.29, 1.82) is 0 Å². The molecule has 0 saturated heterocycles. The van der Waals surface area contributed by atoms with Crippen LogP contribution in [0.15, 0.2) is 24.3 Å². The van der Waals surface area contributed by atoms with Crippen molar-refractivity contribution in [2.24, 2.45) is 29.6 Å². The summed E-state index contributed by atoms with van der Waals surface area (Å²) in [5, 5.41) is 11.0. The zero-order valence-corrected chi connectivity index (χ0v) is 13.3. The van der Waals surface area contributed by atoms with Gasteiger partial charge in [0.2, 0.25) is 0 Å². The molecule has 4 rings (SSSR count). The van der Waals surface area contributed by atoms with Crippen LogP contribution in [0.3, 0.4) is 0 Å². The number of hydrogen-bond donors (Lipinski definition) is 1. The molecule has 0 spiro atoms. The van der Waals surface area contributed by atoms with E-state index < -0.39 is 0 Å². The lowest BCUT2D eigenvalue weighted by Crippen LogP contribution is -2.31. The summed E-state index contributed by atoms with van der Waals surface area (Å²) in [6, 6.07) is 8.94. The Kier molecular flexibility index (Phi) is 3.37. The van der Waals surface area contributed by atoms with Crippen molar-refractivity contribution < 1.29 is 5.11 Å². The molecule has 1 heteroatoms. The van der Waals surface area contributed by atoms with Gasteiger partial charge in [-0.3, -0.25) is 0 Å². The van der Waals surface area contributed by atoms with Crippen molar-refractivity contribution in [1.82, 2.24) is 0 Å². The van der Waals surface area contributed by atoms with Crippen LogP contribution >= 0.6 is 0 Å². The van der Waals surface area contributed by atoms with Crippen LogP contribution in [0.25, 0.3) is 0 Å². The van der Waals surface area contributed by atoms with E-state index in [-0.39, 0.29) is 6.10 Å². The lowest BCUT2D eigenvalue weighted by atomic mass is 9.73. The van der Waals surface area contributed by atoms with Crippen LogP contribution in [0, 0.1) is 29.6 Å². The van der Waals surface area contributed by atoms with Crippen LogP contribution in [0.5, 0.6) is 0 Å². The Morgan fingerprint density at radius 1 is 1.05 bits per heavy atom. The summed E-state index contributed by atoms with van der Waals surface area (Å²) in [5.41, 5.74) is 3.09. The molecule has 0 heterocycles. The largest absolute Gasteiger partial charge is 0.393 e. The Balaban J connectivity index is 1.49. The highest BCUT2D eigenvalue weighted by atomic mass is 16.3. The topological polar surface area (TPSA) is 20.2 Å². The predicted octanol–water partition coefficient (Wildman–Crippen LogP) is 4.40. The number of aliphatic hydroxyl groups excluding tert-OH is 1. The van der Waals surface area contributed by atoms with Gasteiger partial charge in [0.15, 0.2) is 0 Å². The van der Waals surface area contributed by atoms with E-state index >= 15 is 0 Å². The van der Waals surface area contributed by atoms with E-state index in [0.29, 0.717) is 17.8 Å². The van der Waals surface area contributed by atoms with Crippen molar-refractivity contribution in [2.45, 2.75) is 58.0 Å². The number of hydrogen-bond acceptors (Lipinski definition) is 1. The maximum atomic E-state index is 11.0. The third-order valence-corrected chi connectivity index (χ3v) is 6.91. The number of benzene rings is 1. The first-order valence-corrected chi connectivity index (χ1v) is 8.92. The lowest BCUT2D eigenvalue weighted by Gasteiger charge is -2.35. The summed E-state index contributed by atoms with van der Waals surface area (Å²) in [5.74, 6) is 4.17. The first kappa shape index (κ1) is 13.8. The summed E-state index contributed by atoms with van der Waals surface area (Å²) in [6.45, 7) is 4.75. The maximum absolute atomic E-state index is 11.0. The first-order valence-electron chi connectivity index (χ1n) is 8.92. The Bertz CT molecular complexity index is 522. The summed E-state index contributed by atoms with van der Waals surface area (Å²) in [7, 11) is 0. The molecule has 3 aliphatic carbocycles. The third-order valence-electron chi connectivity index (χ3n) is 6.91. The van der Waals surface area contributed by atoms with Gasteiger partial charge in [-0.15, -0.1) is 0 Å². The highest BCUT2D eigenvalue weighted by molar-refractivity contribution is 5.39. The van der Waals surface area contributed by atoms with Crippen molar-refractivity contribution in [3.63, 3.8) is 0 Å². The predicted molar refractivity (Wildman–Crippen MR) is 86.2 cm³/mol. The van der Waals surface area contributed by atoms with E-state index in [0.717, 1.165) is 17.8 Å². The Hall–Kier alpha value is -0.820. The zero-order chi connectivity index (χ0) is 14.6. The van der Waals surface area contributed by atoms with Gasteiger partial charge in [0, 0.05) is 0 Å². The minimum absolute atomic E-state index is 0.0545. The van der Waals surface area contributed by atoms with Gasteiger partial charge in [-0.25, -0.2) is 0 Å². The summed E-state index contributed by atoms with van der Waals surface area (Å²) in [6.07, 6.45) is 6.24. The van der Waals surface area contributed by atoms with Gasteiger partial charge >= 0.3 is 0 Å². The normalized spacial score (nSPS) is 42.8. The molecule has 1 aromatic rings. The molecule has 2 fully saturated rings. The molecule has 7 unspecified atom stereocenters. The monoisotopic (exact) mass is 284 g/mol. The average molecular weight is 284 g/mol. The minimum Gasteiger partial charge on any atom is -0.393 e. The van der Waals surface area contributed by atoms with Gasteiger partial charge in [-0.05, 0) is 72.3 Å². The third kappa shape index (κ3) is 2.25. The van der Waals surface area contributed by atoms with Crippen molar-refractivity contribution >= 4 is 0 Å². The second-order valence-electron chi connectivity index (χ2n) is 8.02. The molecule has 21 heavy (non-hydrogen) atoms. The molecular weight excluding hydrogens is 256 g/mol. The maximum Gasteiger partial charge on any atom is 0.0605 e. The molecule has 3 aliphatic rings. The summed E-state index contributed by atoms with van der Waals surface area (Å²) in [4.78, 5) is 0. The summed E-state index contributed by atoms with van der Waals surface area (Å²) >= 11 is 0. The van der Waals surface area contributed by atoms with Crippen LogP contribution in [0.4, 0.5) is 0 Å². The Morgan fingerprint density at radius 2 is 1.86 bits per heavy atom. The summed E-state index contributed by atoms with van der Waals surface area (Å²) < 4.78 is 0. The molecule has 0 aromatic heterocycles. The smallest absolute Gasteiger partial charge is 0.0605 e. The van der Waals surface area contributed by atoms with Crippen molar-refractivity contribution in [3.8, 4) is 0 Å². The molecule has 1 aromatic carbocycles. The van der Waals surface area contributed by atoms with Crippen LogP contribution in [-0.2, 0) is 6.42 Å². The molecule has 114 valence electrons. The molecule has 0 aliphatic heterocycles. The van der Waals surface area contributed by atoms with E-state index in [1.807, 2.05) is 0 Å². The van der Waals surface area contributed by atoms with Gasteiger partial charge < -0.3 is 5.11 Å². The number of fused-ring (bicyclic) bond motifs is 3. The van der Waals surface area contributed by atoms with Gasteiger partial charge in [0.25, 0.3) is 0 Å². The van der Waals surface area contributed by atoms with E-state index in [1.165, 1.54) is 32.1 Å². The van der Waals surface area contributed by atoms with Crippen LogP contribution in [0.1, 0.15) is 56.6 Å².